The van der Waals surface area contributed by atoms with Crippen LogP contribution in [0.5, 0.6) is 0 Å². The first-order chi connectivity index (χ1) is 14.9. The van der Waals surface area contributed by atoms with Crippen LogP contribution in [0.3, 0.4) is 0 Å². The molecular weight excluding hydrogens is 399 g/mol. The van der Waals surface area contributed by atoms with Crippen LogP contribution >= 0.6 is 0 Å². The number of carbonyl (C=O) groups is 1. The monoisotopic (exact) mass is 424 g/mol. The molecule has 0 spiro atoms. The lowest BCUT2D eigenvalue weighted by Crippen LogP contribution is -2.56. The number of rotatable bonds is 3. The molecule has 8 nitrogen and oxygen atoms in total. The predicted molar refractivity (Wildman–Crippen MR) is 116 cm³/mol. The van der Waals surface area contributed by atoms with E-state index in [9.17, 15) is 9.18 Å². The van der Waals surface area contributed by atoms with Gasteiger partial charge in [0, 0.05) is 49.0 Å². The smallest absolute Gasteiger partial charge is 0.321 e. The molecule has 4 heterocycles. The van der Waals surface area contributed by atoms with E-state index in [4.69, 9.17) is 4.74 Å². The van der Waals surface area contributed by atoms with E-state index < -0.39 is 5.82 Å². The highest BCUT2D eigenvalue weighted by Gasteiger charge is 2.37. The summed E-state index contributed by atoms with van der Waals surface area (Å²) in [6.45, 7) is 8.59. The van der Waals surface area contributed by atoms with Gasteiger partial charge in [-0.15, -0.1) is 0 Å². The van der Waals surface area contributed by atoms with Crippen molar-refractivity contribution in [3.8, 4) is 11.3 Å². The van der Waals surface area contributed by atoms with Crippen molar-refractivity contribution in [3.63, 3.8) is 0 Å². The van der Waals surface area contributed by atoms with Crippen molar-refractivity contribution < 1.29 is 13.9 Å². The summed E-state index contributed by atoms with van der Waals surface area (Å²) in [6.07, 6.45) is 3.63. The first-order valence-corrected chi connectivity index (χ1v) is 10.4. The van der Waals surface area contributed by atoms with Gasteiger partial charge in [0.05, 0.1) is 25.1 Å². The lowest BCUT2D eigenvalue weighted by atomic mass is 9.85. The topological polar surface area (TPSA) is 75.0 Å². The van der Waals surface area contributed by atoms with E-state index >= 15 is 0 Å². The lowest BCUT2D eigenvalue weighted by molar-refractivity contribution is 0.0688. The molecule has 2 aliphatic rings. The molecule has 0 saturated carbocycles. The highest BCUT2D eigenvalue weighted by molar-refractivity contribution is 5.90. The van der Waals surface area contributed by atoms with Gasteiger partial charge < -0.3 is 19.9 Å². The van der Waals surface area contributed by atoms with Crippen LogP contribution in [0.15, 0.2) is 36.7 Å². The maximum absolute atomic E-state index is 14.6. The van der Waals surface area contributed by atoms with Gasteiger partial charge in [0.15, 0.2) is 0 Å². The van der Waals surface area contributed by atoms with E-state index in [0.717, 1.165) is 18.9 Å². The minimum Gasteiger partial charge on any atom is -0.378 e. The molecule has 0 bridgehead atoms. The Kier molecular flexibility index (Phi) is 4.77. The summed E-state index contributed by atoms with van der Waals surface area (Å²) in [7, 11) is 0. The maximum Gasteiger partial charge on any atom is 0.321 e. The van der Waals surface area contributed by atoms with Crippen molar-refractivity contribution in [2.45, 2.75) is 13.8 Å². The van der Waals surface area contributed by atoms with Gasteiger partial charge in [0.25, 0.3) is 0 Å². The Bertz CT molecular complexity index is 1130. The number of anilines is 2. The maximum atomic E-state index is 14.6. The molecule has 2 amide bonds. The molecule has 1 aromatic carbocycles. The number of amides is 2. The molecule has 2 aliphatic heterocycles. The third-order valence-corrected chi connectivity index (χ3v) is 5.71. The summed E-state index contributed by atoms with van der Waals surface area (Å²) in [6, 6.07) is 6.11. The first-order valence-electron chi connectivity index (χ1n) is 10.4. The molecule has 1 N–H and O–H groups in total. The summed E-state index contributed by atoms with van der Waals surface area (Å²) in [5.41, 5.74) is 1.46. The molecule has 2 saturated heterocycles. The Labute approximate surface area is 179 Å². The third kappa shape index (κ3) is 3.81. The molecule has 0 aliphatic carbocycles. The molecule has 31 heavy (non-hydrogen) atoms. The zero-order chi connectivity index (χ0) is 21.6. The van der Waals surface area contributed by atoms with Gasteiger partial charge in [-0.1, -0.05) is 13.8 Å². The molecule has 2 fully saturated rings. The number of nitrogens with one attached hydrogen (secondary N) is 1. The third-order valence-electron chi connectivity index (χ3n) is 5.71. The number of hydrogen-bond acceptors (Lipinski definition) is 5. The number of halogens is 1. The van der Waals surface area contributed by atoms with Crippen LogP contribution in [0, 0.1) is 11.2 Å². The molecule has 0 atom stereocenters. The van der Waals surface area contributed by atoms with Crippen molar-refractivity contribution in [1.82, 2.24) is 19.3 Å². The summed E-state index contributed by atoms with van der Waals surface area (Å²) in [4.78, 5) is 25.3. The van der Waals surface area contributed by atoms with E-state index in [1.807, 2.05) is 10.6 Å². The predicted octanol–water partition coefficient (Wildman–Crippen LogP) is 3.25. The minimum absolute atomic E-state index is 0.148. The largest absolute Gasteiger partial charge is 0.378 e. The van der Waals surface area contributed by atoms with Crippen molar-refractivity contribution in [2.24, 2.45) is 5.41 Å². The van der Waals surface area contributed by atoms with Crippen LogP contribution < -0.4 is 10.2 Å². The second kappa shape index (κ2) is 7.49. The number of imidazole rings is 1. The van der Waals surface area contributed by atoms with Crippen LogP contribution in [-0.2, 0) is 4.74 Å². The summed E-state index contributed by atoms with van der Waals surface area (Å²) in [5, 5.41) is 2.86. The van der Waals surface area contributed by atoms with E-state index in [-0.39, 0.29) is 11.4 Å². The molecule has 2 aromatic heterocycles. The average Bonchev–Trinajstić information content (AvgIpc) is 3.17. The SMILES string of the molecule is CC1(C)CN(C(=O)Nc2ccc(F)c(-c3ccn4c(N5CCOCC5)cnc4n3)c2)C1. The number of benzene rings is 1. The van der Waals surface area contributed by atoms with Gasteiger partial charge in [-0.05, 0) is 24.3 Å². The molecule has 5 rings (SSSR count). The van der Waals surface area contributed by atoms with Crippen molar-refractivity contribution >= 4 is 23.3 Å². The quantitative estimate of drug-likeness (QED) is 0.699. The molecule has 0 unspecified atom stereocenters. The molecule has 3 aromatic rings. The van der Waals surface area contributed by atoms with Crippen molar-refractivity contribution in [2.75, 3.05) is 49.6 Å². The number of morpholine rings is 1. The first kappa shape index (κ1) is 19.7. The summed E-state index contributed by atoms with van der Waals surface area (Å²) in [5.74, 6) is 1.03. The van der Waals surface area contributed by atoms with Crippen molar-refractivity contribution in [1.29, 1.82) is 0 Å². The Morgan fingerprint density at radius 3 is 2.71 bits per heavy atom. The highest BCUT2D eigenvalue weighted by Crippen LogP contribution is 2.30. The standard InChI is InChI=1S/C22H25FN6O2/c1-22(2)13-28(14-22)21(30)25-15-3-4-17(23)16(11-15)18-5-6-29-19(12-24-20(29)26-18)27-7-9-31-10-8-27/h3-6,11-12H,7-10,13-14H2,1-2H3,(H,25,30). The number of aromatic nitrogens is 3. The van der Waals surface area contributed by atoms with E-state index in [1.165, 1.54) is 6.07 Å². The van der Waals surface area contributed by atoms with Gasteiger partial charge in [-0.3, -0.25) is 4.40 Å². The second-order valence-electron chi connectivity index (χ2n) is 8.84. The van der Waals surface area contributed by atoms with Gasteiger partial charge in [0.2, 0.25) is 5.78 Å². The number of hydrogen-bond donors (Lipinski definition) is 1. The van der Waals surface area contributed by atoms with Gasteiger partial charge >= 0.3 is 6.03 Å². The Hall–Kier alpha value is -3.20. The number of likely N-dealkylation sites (tertiary alicyclic amines) is 1. The van der Waals surface area contributed by atoms with Crippen LogP contribution in [0.1, 0.15) is 13.8 Å². The zero-order valence-corrected chi connectivity index (χ0v) is 17.6. The number of fused-ring (bicyclic) bond motifs is 1. The van der Waals surface area contributed by atoms with Crippen LogP contribution in [0.2, 0.25) is 0 Å². The second-order valence-corrected chi connectivity index (χ2v) is 8.84. The van der Waals surface area contributed by atoms with Crippen LogP contribution in [0.25, 0.3) is 17.0 Å². The fourth-order valence-corrected chi connectivity index (χ4v) is 4.17. The number of urea groups is 1. The van der Waals surface area contributed by atoms with Crippen LogP contribution in [0.4, 0.5) is 20.7 Å². The van der Waals surface area contributed by atoms with Crippen molar-refractivity contribution in [3.05, 3.63) is 42.5 Å². The summed E-state index contributed by atoms with van der Waals surface area (Å²) < 4.78 is 21.9. The fraction of sp³-hybridized carbons (Fsp3) is 0.409. The van der Waals surface area contributed by atoms with E-state index in [1.54, 1.807) is 29.3 Å². The minimum atomic E-state index is -0.403. The number of nitrogens with zero attached hydrogens (tertiary/aromatic N) is 5. The summed E-state index contributed by atoms with van der Waals surface area (Å²) >= 11 is 0. The average molecular weight is 424 g/mol. The highest BCUT2D eigenvalue weighted by atomic mass is 19.1. The number of ether oxygens (including phenoxy) is 1. The van der Waals surface area contributed by atoms with Crippen LogP contribution in [-0.4, -0.2) is 64.7 Å². The van der Waals surface area contributed by atoms with Gasteiger partial charge in [-0.2, -0.15) is 0 Å². The molecular formula is C22H25FN6O2. The molecule has 162 valence electrons. The van der Waals surface area contributed by atoms with Gasteiger partial charge in [-0.25, -0.2) is 19.2 Å². The zero-order valence-electron chi connectivity index (χ0n) is 17.6. The fourth-order valence-electron chi connectivity index (χ4n) is 4.17. The molecule has 9 heteroatoms. The number of carbonyl (C=O) groups excluding carboxylic acids is 1. The van der Waals surface area contributed by atoms with E-state index in [2.05, 4.69) is 34.0 Å². The lowest BCUT2D eigenvalue weighted by Gasteiger charge is -2.45. The normalized spacial score (nSPS) is 18.2. The molecule has 0 radical (unpaired) electrons. The van der Waals surface area contributed by atoms with E-state index in [0.29, 0.717) is 49.0 Å². The Balaban J connectivity index is 1.39. The Morgan fingerprint density at radius 2 is 1.97 bits per heavy atom. The Morgan fingerprint density at radius 1 is 1.19 bits per heavy atom. The van der Waals surface area contributed by atoms with Gasteiger partial charge in [0.1, 0.15) is 11.6 Å².